The fourth-order valence-corrected chi connectivity index (χ4v) is 2.68. The van der Waals surface area contributed by atoms with Crippen molar-refractivity contribution in [1.29, 1.82) is 5.26 Å². The van der Waals surface area contributed by atoms with E-state index in [4.69, 9.17) is 14.7 Å². The smallest absolute Gasteiger partial charge is 0.328 e. The van der Waals surface area contributed by atoms with Crippen LogP contribution in [0.25, 0.3) is 0 Å². The van der Waals surface area contributed by atoms with Gasteiger partial charge in [-0.05, 0) is 36.8 Å². The Bertz CT molecular complexity index is 832. The summed E-state index contributed by atoms with van der Waals surface area (Å²) in [5, 5.41) is 11.9. The third-order valence-corrected chi connectivity index (χ3v) is 3.89. The summed E-state index contributed by atoms with van der Waals surface area (Å²) in [5.74, 6) is -0.748. The maximum absolute atomic E-state index is 14.2. The molecule has 0 amide bonds. The summed E-state index contributed by atoms with van der Waals surface area (Å²) in [4.78, 5) is 11.6. The molecule has 128 valence electrons. The number of nitrogens with one attached hydrogen (secondary N) is 1. The molecule has 1 saturated heterocycles. The SMILES string of the molecule is C[C@@H]1C[C@@H](Nc2ccc(OCc3cccc(C#N)c3)c(F)c2)C(=O)O1. The van der Waals surface area contributed by atoms with Crippen molar-refractivity contribution in [1.82, 2.24) is 0 Å². The second-order valence-electron chi connectivity index (χ2n) is 5.93. The second-order valence-corrected chi connectivity index (χ2v) is 5.93. The molecular weight excluding hydrogens is 323 g/mol. The van der Waals surface area contributed by atoms with Crippen LogP contribution in [0.3, 0.4) is 0 Å². The van der Waals surface area contributed by atoms with Crippen molar-refractivity contribution in [2.24, 2.45) is 0 Å². The maximum Gasteiger partial charge on any atom is 0.328 e. The van der Waals surface area contributed by atoms with Crippen LogP contribution in [-0.4, -0.2) is 18.1 Å². The molecule has 1 aliphatic rings. The van der Waals surface area contributed by atoms with Gasteiger partial charge in [-0.3, -0.25) is 0 Å². The van der Waals surface area contributed by atoms with Gasteiger partial charge in [-0.25, -0.2) is 9.18 Å². The first-order chi connectivity index (χ1) is 12.0. The van der Waals surface area contributed by atoms with Gasteiger partial charge in [0.05, 0.1) is 11.6 Å². The summed E-state index contributed by atoms with van der Waals surface area (Å²) in [6, 6.07) is 13.0. The molecule has 0 aliphatic carbocycles. The molecule has 2 aromatic rings. The lowest BCUT2D eigenvalue weighted by atomic mass is 10.1. The fourth-order valence-electron chi connectivity index (χ4n) is 2.68. The van der Waals surface area contributed by atoms with Crippen LogP contribution in [0.5, 0.6) is 5.75 Å². The van der Waals surface area contributed by atoms with Crippen LogP contribution >= 0.6 is 0 Å². The zero-order valence-corrected chi connectivity index (χ0v) is 13.7. The summed E-state index contributed by atoms with van der Waals surface area (Å²) >= 11 is 0. The number of halogens is 1. The third-order valence-electron chi connectivity index (χ3n) is 3.89. The quantitative estimate of drug-likeness (QED) is 0.845. The molecule has 6 heteroatoms. The Morgan fingerprint density at radius 3 is 2.88 bits per heavy atom. The van der Waals surface area contributed by atoms with Crippen LogP contribution in [0.2, 0.25) is 0 Å². The highest BCUT2D eigenvalue weighted by Crippen LogP contribution is 2.25. The van der Waals surface area contributed by atoms with Crippen molar-refractivity contribution in [2.45, 2.75) is 32.1 Å². The molecule has 1 heterocycles. The number of carbonyl (C=O) groups is 1. The average Bonchev–Trinajstić information content (AvgIpc) is 2.91. The molecule has 1 fully saturated rings. The first-order valence-corrected chi connectivity index (χ1v) is 7.93. The Hall–Kier alpha value is -3.07. The number of benzene rings is 2. The molecule has 0 unspecified atom stereocenters. The van der Waals surface area contributed by atoms with Gasteiger partial charge in [0.25, 0.3) is 0 Å². The lowest BCUT2D eigenvalue weighted by molar-refractivity contribution is -0.141. The molecule has 0 bridgehead atoms. The lowest BCUT2D eigenvalue weighted by Gasteiger charge is -2.12. The second kappa shape index (κ2) is 7.22. The Kier molecular flexibility index (Phi) is 4.85. The monoisotopic (exact) mass is 340 g/mol. The van der Waals surface area contributed by atoms with E-state index >= 15 is 0 Å². The number of nitrogens with zero attached hydrogens (tertiary/aromatic N) is 1. The zero-order chi connectivity index (χ0) is 17.8. The number of rotatable bonds is 5. The predicted octanol–water partition coefficient (Wildman–Crippen LogP) is 3.39. The summed E-state index contributed by atoms with van der Waals surface area (Å²) < 4.78 is 24.8. The lowest BCUT2D eigenvalue weighted by Crippen LogP contribution is -2.24. The van der Waals surface area contributed by atoms with Gasteiger partial charge in [0, 0.05) is 18.2 Å². The first kappa shape index (κ1) is 16.8. The molecule has 2 atom stereocenters. The Morgan fingerprint density at radius 1 is 1.36 bits per heavy atom. The molecule has 0 saturated carbocycles. The van der Waals surface area contributed by atoms with Crippen molar-refractivity contribution in [3.63, 3.8) is 0 Å². The van der Waals surface area contributed by atoms with E-state index < -0.39 is 11.9 Å². The summed E-state index contributed by atoms with van der Waals surface area (Å²) in [7, 11) is 0. The Balaban J connectivity index is 1.64. The summed E-state index contributed by atoms with van der Waals surface area (Å²) in [5.41, 5.74) is 1.80. The Labute approximate surface area is 145 Å². The molecule has 5 nitrogen and oxygen atoms in total. The van der Waals surface area contributed by atoms with E-state index in [-0.39, 0.29) is 24.4 Å². The van der Waals surface area contributed by atoms with Gasteiger partial charge in [-0.2, -0.15) is 5.26 Å². The number of hydrogen-bond acceptors (Lipinski definition) is 5. The van der Waals surface area contributed by atoms with Crippen LogP contribution in [0, 0.1) is 17.1 Å². The van der Waals surface area contributed by atoms with Crippen LogP contribution in [-0.2, 0) is 16.1 Å². The van der Waals surface area contributed by atoms with E-state index in [1.807, 2.05) is 19.1 Å². The van der Waals surface area contributed by atoms with Crippen molar-refractivity contribution < 1.29 is 18.7 Å². The molecule has 3 rings (SSSR count). The van der Waals surface area contributed by atoms with Crippen molar-refractivity contribution in [3.8, 4) is 11.8 Å². The number of hydrogen-bond donors (Lipinski definition) is 1. The number of cyclic esters (lactones) is 1. The topological polar surface area (TPSA) is 71.3 Å². The van der Waals surface area contributed by atoms with Crippen LogP contribution in [0.15, 0.2) is 42.5 Å². The van der Waals surface area contributed by atoms with Gasteiger partial charge in [0.15, 0.2) is 11.6 Å². The maximum atomic E-state index is 14.2. The van der Waals surface area contributed by atoms with Gasteiger partial charge < -0.3 is 14.8 Å². The van der Waals surface area contributed by atoms with Gasteiger partial charge >= 0.3 is 5.97 Å². The van der Waals surface area contributed by atoms with E-state index in [0.717, 1.165) is 5.56 Å². The fraction of sp³-hybridized carbons (Fsp3) is 0.263. The molecule has 0 aromatic heterocycles. The standard InChI is InChI=1S/C19H17FN2O3/c1-12-7-17(19(23)25-12)22-15-5-6-18(16(20)9-15)24-11-14-4-2-3-13(8-14)10-21/h2-6,8-9,12,17,22H,7,11H2,1H3/t12-,17-/m1/s1. The van der Waals surface area contributed by atoms with Crippen molar-refractivity contribution >= 4 is 11.7 Å². The minimum Gasteiger partial charge on any atom is -0.486 e. The summed E-state index contributed by atoms with van der Waals surface area (Å²) in [6.07, 6.45) is 0.412. The van der Waals surface area contributed by atoms with E-state index in [0.29, 0.717) is 17.7 Å². The van der Waals surface area contributed by atoms with Gasteiger partial charge in [-0.15, -0.1) is 0 Å². The number of ether oxygens (including phenoxy) is 2. The Morgan fingerprint density at radius 2 is 2.20 bits per heavy atom. The molecule has 25 heavy (non-hydrogen) atoms. The highest BCUT2D eigenvalue weighted by atomic mass is 19.1. The van der Waals surface area contributed by atoms with Crippen LogP contribution in [0.4, 0.5) is 10.1 Å². The molecular formula is C19H17FN2O3. The first-order valence-electron chi connectivity index (χ1n) is 7.93. The molecule has 0 radical (unpaired) electrons. The van der Waals surface area contributed by atoms with E-state index in [1.165, 1.54) is 12.1 Å². The number of nitriles is 1. The minimum absolute atomic E-state index is 0.107. The molecule has 1 aliphatic heterocycles. The highest BCUT2D eigenvalue weighted by Gasteiger charge is 2.31. The van der Waals surface area contributed by atoms with Crippen LogP contribution in [0.1, 0.15) is 24.5 Å². The number of anilines is 1. The molecule has 1 N–H and O–H groups in total. The average molecular weight is 340 g/mol. The van der Waals surface area contributed by atoms with Crippen LogP contribution < -0.4 is 10.1 Å². The molecule has 0 spiro atoms. The largest absolute Gasteiger partial charge is 0.486 e. The van der Waals surface area contributed by atoms with Crippen molar-refractivity contribution in [2.75, 3.05) is 5.32 Å². The normalized spacial score (nSPS) is 19.2. The summed E-state index contributed by atoms with van der Waals surface area (Å²) in [6.45, 7) is 1.98. The number of esters is 1. The minimum atomic E-state index is -0.527. The van der Waals surface area contributed by atoms with Gasteiger partial charge in [0.2, 0.25) is 0 Å². The predicted molar refractivity (Wildman–Crippen MR) is 89.5 cm³/mol. The zero-order valence-electron chi connectivity index (χ0n) is 13.7. The van der Waals surface area contributed by atoms with Gasteiger partial charge in [0.1, 0.15) is 18.8 Å². The van der Waals surface area contributed by atoms with E-state index in [9.17, 15) is 9.18 Å². The molecule has 2 aromatic carbocycles. The third kappa shape index (κ3) is 4.07. The number of carbonyl (C=O) groups excluding carboxylic acids is 1. The van der Waals surface area contributed by atoms with E-state index in [1.54, 1.807) is 24.3 Å². The highest BCUT2D eigenvalue weighted by molar-refractivity contribution is 5.81. The van der Waals surface area contributed by atoms with Crippen molar-refractivity contribution in [3.05, 3.63) is 59.4 Å². The van der Waals surface area contributed by atoms with Gasteiger partial charge in [-0.1, -0.05) is 12.1 Å². The van der Waals surface area contributed by atoms with E-state index in [2.05, 4.69) is 5.32 Å².